The molecule has 0 spiro atoms. The first kappa shape index (κ1) is 24.6. The van der Waals surface area contributed by atoms with Gasteiger partial charge >= 0.3 is 0 Å². The molecule has 10 heteroatoms. The Hall–Kier alpha value is -4.44. The number of nitrogens with one attached hydrogen (secondary N) is 1. The molecule has 1 aromatic carbocycles. The lowest BCUT2D eigenvalue weighted by Crippen LogP contribution is -2.68. The molecule has 0 saturated carbocycles. The minimum Gasteiger partial charge on any atom is -0.353 e. The molecule has 3 aliphatic rings. The van der Waals surface area contributed by atoms with Crippen molar-refractivity contribution >= 4 is 5.82 Å². The van der Waals surface area contributed by atoms with Gasteiger partial charge < -0.3 is 4.90 Å². The summed E-state index contributed by atoms with van der Waals surface area (Å²) in [5, 5.41) is 11.4. The second-order valence-corrected chi connectivity index (χ2v) is 10.8. The first-order valence-electron chi connectivity index (χ1n) is 13.6. The highest BCUT2D eigenvalue weighted by Gasteiger charge is 2.44. The Morgan fingerprint density at radius 2 is 1.77 bits per heavy atom. The molecule has 9 nitrogen and oxygen atoms in total. The van der Waals surface area contributed by atoms with Gasteiger partial charge in [-0.05, 0) is 62.2 Å². The van der Waals surface area contributed by atoms with Crippen molar-refractivity contribution in [2.75, 3.05) is 18.0 Å². The van der Waals surface area contributed by atoms with Gasteiger partial charge in [0.25, 0.3) is 0 Å². The summed E-state index contributed by atoms with van der Waals surface area (Å²) in [6, 6.07) is 17.4. The summed E-state index contributed by atoms with van der Waals surface area (Å²) in [5.74, 6) is 1.35. The van der Waals surface area contributed by atoms with Crippen molar-refractivity contribution in [3.63, 3.8) is 0 Å². The molecule has 2 atom stereocenters. The van der Waals surface area contributed by atoms with Gasteiger partial charge in [-0.2, -0.15) is 10.2 Å². The molecule has 202 valence electrons. The van der Waals surface area contributed by atoms with Crippen LogP contribution in [0.15, 0.2) is 67.1 Å². The van der Waals surface area contributed by atoms with E-state index in [0.29, 0.717) is 24.3 Å². The Morgan fingerprint density at radius 3 is 2.45 bits per heavy atom. The maximum Gasteiger partial charge on any atom is 0.161 e. The van der Waals surface area contributed by atoms with Crippen LogP contribution in [0.4, 0.5) is 10.2 Å². The number of hydrogen-bond donors (Lipinski definition) is 1. The van der Waals surface area contributed by atoms with Crippen LogP contribution in [0.2, 0.25) is 0 Å². The molecule has 40 heavy (non-hydrogen) atoms. The van der Waals surface area contributed by atoms with Gasteiger partial charge in [-0.3, -0.25) is 10.00 Å². The lowest BCUT2D eigenvalue weighted by Gasteiger charge is -2.56. The minimum atomic E-state index is -0.333. The van der Waals surface area contributed by atoms with E-state index in [1.165, 1.54) is 24.4 Å². The van der Waals surface area contributed by atoms with Crippen LogP contribution in [0.3, 0.4) is 0 Å². The van der Waals surface area contributed by atoms with Crippen LogP contribution in [-0.4, -0.2) is 65.0 Å². The van der Waals surface area contributed by atoms with Crippen molar-refractivity contribution in [1.29, 1.82) is 0 Å². The molecule has 7 heterocycles. The third kappa shape index (κ3) is 4.86. The SMILES string of the molecule is Cc1cc(Cc2cc(C)[nH]n2)nc(-c2ccc(N3CC4CC(C3)N4Cc3ccc(-n4cc(F)cn4)cc3)nc2)n1. The number of aryl methyl sites for hydroxylation is 2. The number of pyridine rings is 1. The Kier molecular flexibility index (Phi) is 6.11. The molecule has 2 unspecified atom stereocenters. The maximum atomic E-state index is 13.3. The van der Waals surface area contributed by atoms with Crippen LogP contribution < -0.4 is 4.90 Å². The van der Waals surface area contributed by atoms with Gasteiger partial charge in [0.2, 0.25) is 0 Å². The number of hydrogen-bond acceptors (Lipinski definition) is 7. The van der Waals surface area contributed by atoms with E-state index in [-0.39, 0.29) is 5.82 Å². The smallest absolute Gasteiger partial charge is 0.161 e. The first-order valence-corrected chi connectivity index (χ1v) is 13.6. The number of H-pyrrole nitrogens is 1. The van der Waals surface area contributed by atoms with Crippen LogP contribution >= 0.6 is 0 Å². The predicted molar refractivity (Wildman–Crippen MR) is 150 cm³/mol. The highest BCUT2D eigenvalue weighted by molar-refractivity contribution is 5.57. The fraction of sp³-hybridized carbons (Fsp3) is 0.300. The summed E-state index contributed by atoms with van der Waals surface area (Å²) in [4.78, 5) is 19.2. The molecular weight excluding hydrogens is 505 g/mol. The minimum absolute atomic E-state index is 0.333. The molecule has 8 rings (SSSR count). The van der Waals surface area contributed by atoms with E-state index in [1.807, 2.05) is 44.3 Å². The van der Waals surface area contributed by atoms with E-state index < -0.39 is 0 Å². The molecule has 5 aromatic rings. The fourth-order valence-corrected chi connectivity index (χ4v) is 5.85. The van der Waals surface area contributed by atoms with Crippen molar-refractivity contribution in [3.8, 4) is 17.1 Å². The summed E-state index contributed by atoms with van der Waals surface area (Å²) in [6.45, 7) is 6.82. The molecule has 0 amide bonds. The predicted octanol–water partition coefficient (Wildman–Crippen LogP) is 4.26. The quantitative estimate of drug-likeness (QED) is 0.333. The molecule has 0 aliphatic carbocycles. The number of piperidine rings is 1. The van der Waals surface area contributed by atoms with Crippen molar-refractivity contribution < 1.29 is 4.39 Å². The number of anilines is 1. The topological polar surface area (TPSA) is 91.7 Å². The number of nitrogens with zero attached hydrogens (tertiary/aromatic N) is 8. The molecule has 4 aromatic heterocycles. The van der Waals surface area contributed by atoms with E-state index >= 15 is 0 Å². The lowest BCUT2D eigenvalue weighted by molar-refractivity contribution is -0.00867. The molecule has 3 aliphatic heterocycles. The molecular formula is C30H30FN9. The largest absolute Gasteiger partial charge is 0.353 e. The zero-order valence-electron chi connectivity index (χ0n) is 22.5. The van der Waals surface area contributed by atoms with Crippen molar-refractivity contribution in [2.45, 2.75) is 45.3 Å². The first-order chi connectivity index (χ1) is 19.5. The number of aromatic nitrogens is 7. The third-order valence-corrected chi connectivity index (χ3v) is 7.82. The van der Waals surface area contributed by atoms with Crippen LogP contribution in [0.5, 0.6) is 0 Å². The van der Waals surface area contributed by atoms with E-state index in [0.717, 1.165) is 59.5 Å². The number of rotatable bonds is 7. The third-order valence-electron chi connectivity index (χ3n) is 7.82. The fourth-order valence-electron chi connectivity index (χ4n) is 5.85. The molecule has 1 N–H and O–H groups in total. The number of halogens is 1. The summed E-state index contributed by atoms with van der Waals surface area (Å²) in [6.07, 6.45) is 6.37. The van der Waals surface area contributed by atoms with Crippen LogP contribution in [-0.2, 0) is 13.0 Å². The van der Waals surface area contributed by atoms with Gasteiger partial charge in [0, 0.05) is 61.3 Å². The summed E-state index contributed by atoms with van der Waals surface area (Å²) >= 11 is 0. The number of fused-ring (bicyclic) bond motifs is 2. The van der Waals surface area contributed by atoms with Crippen molar-refractivity contribution in [3.05, 3.63) is 101 Å². The van der Waals surface area contributed by atoms with Gasteiger partial charge in [0.15, 0.2) is 11.6 Å². The van der Waals surface area contributed by atoms with E-state index in [2.05, 4.69) is 54.3 Å². The lowest BCUT2D eigenvalue weighted by atomic mass is 9.86. The molecule has 2 bridgehead atoms. The van der Waals surface area contributed by atoms with Crippen LogP contribution in [0, 0.1) is 19.7 Å². The second kappa shape index (κ2) is 9.95. The van der Waals surface area contributed by atoms with Gasteiger partial charge in [-0.25, -0.2) is 24.0 Å². The molecule has 3 saturated heterocycles. The maximum absolute atomic E-state index is 13.3. The van der Waals surface area contributed by atoms with Crippen molar-refractivity contribution in [1.82, 2.24) is 39.8 Å². The average molecular weight is 536 g/mol. The van der Waals surface area contributed by atoms with Gasteiger partial charge in [-0.1, -0.05) is 12.1 Å². The highest BCUT2D eigenvalue weighted by atomic mass is 19.1. The monoisotopic (exact) mass is 535 g/mol. The standard InChI is InChI=1S/C30H30FN9/c1-19-9-24(11-25-10-20(2)36-37-25)35-30(34-19)22-5-8-29(32-13-22)38-17-27-12-28(18-38)39(27)15-21-3-6-26(7-4-21)40-16-23(31)14-33-40/h3-10,13-14,16,27-28H,11-12,15,17-18H2,1-2H3,(H,36,37). The summed E-state index contributed by atoms with van der Waals surface area (Å²) in [7, 11) is 0. The van der Waals surface area contributed by atoms with E-state index in [4.69, 9.17) is 9.97 Å². The number of piperazine rings is 1. The Labute approximate surface area is 231 Å². The van der Waals surface area contributed by atoms with E-state index in [1.54, 1.807) is 4.68 Å². The highest BCUT2D eigenvalue weighted by Crippen LogP contribution is 2.35. The average Bonchev–Trinajstić information content (AvgIpc) is 3.59. The van der Waals surface area contributed by atoms with Gasteiger partial charge in [-0.15, -0.1) is 0 Å². The molecule has 3 fully saturated rings. The van der Waals surface area contributed by atoms with Crippen LogP contribution in [0.1, 0.15) is 34.8 Å². The zero-order chi connectivity index (χ0) is 27.2. The number of benzene rings is 1. The van der Waals surface area contributed by atoms with Gasteiger partial charge in [0.05, 0.1) is 29.5 Å². The normalized spacial score (nSPS) is 18.6. The summed E-state index contributed by atoms with van der Waals surface area (Å²) in [5.41, 5.74) is 6.90. The van der Waals surface area contributed by atoms with Gasteiger partial charge in [0.1, 0.15) is 5.82 Å². The summed E-state index contributed by atoms with van der Waals surface area (Å²) < 4.78 is 14.8. The Balaban J connectivity index is 0.991. The zero-order valence-corrected chi connectivity index (χ0v) is 22.5. The van der Waals surface area contributed by atoms with Crippen molar-refractivity contribution in [2.24, 2.45) is 0 Å². The second-order valence-electron chi connectivity index (χ2n) is 10.8. The number of aromatic amines is 1. The van der Waals surface area contributed by atoms with Crippen LogP contribution in [0.25, 0.3) is 17.1 Å². The Bertz CT molecular complexity index is 1630. The van der Waals surface area contributed by atoms with E-state index in [9.17, 15) is 4.39 Å². The molecule has 0 radical (unpaired) electrons. The Morgan fingerprint density at radius 1 is 0.950 bits per heavy atom.